The number of aryl methyl sites for hydroxylation is 1. The van der Waals surface area contributed by atoms with Gasteiger partial charge in [0.25, 0.3) is 0 Å². The zero-order valence-electron chi connectivity index (χ0n) is 11.7. The van der Waals surface area contributed by atoms with Crippen molar-refractivity contribution >= 4 is 11.4 Å². The Hall–Kier alpha value is -1.76. The second-order valence-corrected chi connectivity index (χ2v) is 4.92. The molecule has 0 atom stereocenters. The average molecular weight is 252 g/mol. The number of unbranched alkanes of at least 4 members (excludes halogenated alkanes) is 3. The number of anilines is 2. The maximum Gasteiger partial charge on any atom is 0.0384 e. The first-order valence-electron chi connectivity index (χ1n) is 7.20. The summed E-state index contributed by atoms with van der Waals surface area (Å²) in [5, 5.41) is 3.39. The Morgan fingerprint density at radius 3 is 2.21 bits per heavy atom. The van der Waals surface area contributed by atoms with Gasteiger partial charge in [0.2, 0.25) is 0 Å². The largest absolute Gasteiger partial charge is 0.356 e. The average Bonchev–Trinajstić information content (AvgIpc) is 2.46. The first kappa shape index (κ1) is 13.7. The fourth-order valence-electron chi connectivity index (χ4n) is 2.15. The highest BCUT2D eigenvalue weighted by molar-refractivity contribution is 5.59. The van der Waals surface area contributed by atoms with Crippen molar-refractivity contribution < 1.29 is 0 Å². The molecule has 0 heterocycles. The molecule has 1 N–H and O–H groups in total. The standard InChI is InChI=1S/C18H22N/c1-2-3-4-6-9-16-12-14-18(15-13-16)19-17-10-7-5-8-11-17/h7-8,10-15,19H,2-4,6,9H2,1H3. The van der Waals surface area contributed by atoms with Crippen LogP contribution >= 0.6 is 0 Å². The number of nitrogens with one attached hydrogen (secondary N) is 1. The molecule has 0 aromatic heterocycles. The number of benzene rings is 2. The van der Waals surface area contributed by atoms with Crippen LogP contribution in [0.2, 0.25) is 0 Å². The van der Waals surface area contributed by atoms with Crippen LogP contribution in [0.3, 0.4) is 0 Å². The van der Waals surface area contributed by atoms with Crippen LogP contribution in [0.5, 0.6) is 0 Å². The van der Waals surface area contributed by atoms with E-state index in [9.17, 15) is 0 Å². The van der Waals surface area contributed by atoms with Gasteiger partial charge in [-0.05, 0) is 48.7 Å². The topological polar surface area (TPSA) is 12.0 Å². The summed E-state index contributed by atoms with van der Waals surface area (Å²) in [7, 11) is 0. The summed E-state index contributed by atoms with van der Waals surface area (Å²) in [6, 6.07) is 19.7. The third-order valence-electron chi connectivity index (χ3n) is 3.28. The van der Waals surface area contributed by atoms with Gasteiger partial charge < -0.3 is 5.32 Å². The molecule has 2 aromatic rings. The van der Waals surface area contributed by atoms with Crippen molar-refractivity contribution in [2.24, 2.45) is 0 Å². The lowest BCUT2D eigenvalue weighted by Crippen LogP contribution is -1.91. The first-order chi connectivity index (χ1) is 9.38. The van der Waals surface area contributed by atoms with E-state index < -0.39 is 0 Å². The Kier molecular flexibility index (Phi) is 5.49. The van der Waals surface area contributed by atoms with Crippen molar-refractivity contribution in [3.8, 4) is 0 Å². The van der Waals surface area contributed by atoms with Gasteiger partial charge in [0.1, 0.15) is 0 Å². The van der Waals surface area contributed by atoms with Crippen LogP contribution in [0.15, 0.2) is 48.5 Å². The van der Waals surface area contributed by atoms with Crippen LogP contribution < -0.4 is 5.32 Å². The van der Waals surface area contributed by atoms with Gasteiger partial charge in [-0.2, -0.15) is 0 Å². The number of hydrogen-bond donors (Lipinski definition) is 1. The van der Waals surface area contributed by atoms with E-state index in [4.69, 9.17) is 0 Å². The molecule has 0 aliphatic heterocycles. The number of rotatable bonds is 7. The van der Waals surface area contributed by atoms with Gasteiger partial charge in [-0.3, -0.25) is 0 Å². The highest BCUT2D eigenvalue weighted by atomic mass is 14.9. The van der Waals surface area contributed by atoms with E-state index in [-0.39, 0.29) is 0 Å². The summed E-state index contributed by atoms with van der Waals surface area (Å²) < 4.78 is 0. The predicted octanol–water partition coefficient (Wildman–Crippen LogP) is 5.35. The van der Waals surface area contributed by atoms with Crippen LogP contribution in [0, 0.1) is 6.07 Å². The fourth-order valence-corrected chi connectivity index (χ4v) is 2.15. The molecule has 1 nitrogen and oxygen atoms in total. The molecule has 0 spiro atoms. The van der Waals surface area contributed by atoms with Gasteiger partial charge in [-0.15, -0.1) is 0 Å². The second-order valence-electron chi connectivity index (χ2n) is 4.92. The van der Waals surface area contributed by atoms with E-state index in [2.05, 4.69) is 42.6 Å². The van der Waals surface area contributed by atoms with E-state index in [1.165, 1.54) is 37.7 Å². The van der Waals surface area contributed by atoms with Crippen molar-refractivity contribution in [2.45, 2.75) is 39.0 Å². The highest BCUT2D eigenvalue weighted by Gasteiger charge is 1.96. The van der Waals surface area contributed by atoms with Crippen LogP contribution in [-0.4, -0.2) is 0 Å². The molecule has 0 saturated heterocycles. The molecule has 0 aliphatic carbocycles. The highest BCUT2D eigenvalue weighted by Crippen LogP contribution is 2.17. The Labute approximate surface area is 116 Å². The van der Waals surface area contributed by atoms with E-state index in [1.807, 2.05) is 24.3 Å². The molecular formula is C18H22N. The predicted molar refractivity (Wildman–Crippen MR) is 82.8 cm³/mol. The molecule has 1 heteroatoms. The van der Waals surface area contributed by atoms with Crippen LogP contribution in [0.25, 0.3) is 0 Å². The molecule has 0 unspecified atom stereocenters. The molecule has 2 rings (SSSR count). The molecule has 19 heavy (non-hydrogen) atoms. The van der Waals surface area contributed by atoms with E-state index in [1.54, 1.807) is 0 Å². The maximum absolute atomic E-state index is 3.39. The van der Waals surface area contributed by atoms with Crippen molar-refractivity contribution in [1.29, 1.82) is 0 Å². The first-order valence-corrected chi connectivity index (χ1v) is 7.20. The molecule has 99 valence electrons. The lowest BCUT2D eigenvalue weighted by Gasteiger charge is -2.07. The lowest BCUT2D eigenvalue weighted by molar-refractivity contribution is 0.667. The molecule has 0 amide bonds. The summed E-state index contributed by atoms with van der Waals surface area (Å²) in [5.74, 6) is 0. The lowest BCUT2D eigenvalue weighted by atomic mass is 10.1. The van der Waals surface area contributed by atoms with Gasteiger partial charge in [-0.1, -0.05) is 50.5 Å². The zero-order valence-corrected chi connectivity index (χ0v) is 11.7. The van der Waals surface area contributed by atoms with E-state index >= 15 is 0 Å². The summed E-state index contributed by atoms with van der Waals surface area (Å²) in [6.45, 7) is 2.25. The minimum absolute atomic E-state index is 1.11. The minimum Gasteiger partial charge on any atom is -0.356 e. The van der Waals surface area contributed by atoms with Gasteiger partial charge in [-0.25, -0.2) is 0 Å². The van der Waals surface area contributed by atoms with Gasteiger partial charge >= 0.3 is 0 Å². The maximum atomic E-state index is 3.39. The molecule has 0 saturated carbocycles. The van der Waals surface area contributed by atoms with E-state index in [0.29, 0.717) is 0 Å². The monoisotopic (exact) mass is 252 g/mol. The summed E-state index contributed by atoms with van der Waals surface area (Å²) in [6.07, 6.45) is 6.49. The van der Waals surface area contributed by atoms with Gasteiger partial charge in [0.15, 0.2) is 0 Å². The minimum atomic E-state index is 1.11. The Bertz CT molecular complexity index is 459. The molecular weight excluding hydrogens is 230 g/mol. The summed E-state index contributed by atoms with van der Waals surface area (Å²) >= 11 is 0. The smallest absolute Gasteiger partial charge is 0.0384 e. The van der Waals surface area contributed by atoms with Crippen LogP contribution in [0.1, 0.15) is 38.2 Å². The third-order valence-corrected chi connectivity index (χ3v) is 3.28. The molecule has 1 radical (unpaired) electrons. The van der Waals surface area contributed by atoms with Crippen LogP contribution in [-0.2, 0) is 6.42 Å². The van der Waals surface area contributed by atoms with Gasteiger partial charge in [0, 0.05) is 11.4 Å². The van der Waals surface area contributed by atoms with Crippen molar-refractivity contribution in [3.63, 3.8) is 0 Å². The zero-order chi connectivity index (χ0) is 13.3. The van der Waals surface area contributed by atoms with Crippen molar-refractivity contribution in [2.75, 3.05) is 5.32 Å². The second kappa shape index (κ2) is 7.63. The van der Waals surface area contributed by atoms with Gasteiger partial charge in [0.05, 0.1) is 0 Å². The summed E-state index contributed by atoms with van der Waals surface area (Å²) in [5.41, 5.74) is 3.68. The van der Waals surface area contributed by atoms with E-state index in [0.717, 1.165) is 11.4 Å². The molecule has 0 aliphatic rings. The normalized spacial score (nSPS) is 10.4. The summed E-state index contributed by atoms with van der Waals surface area (Å²) in [4.78, 5) is 0. The molecule has 0 bridgehead atoms. The quantitative estimate of drug-likeness (QED) is 0.655. The third kappa shape index (κ3) is 4.78. The van der Waals surface area contributed by atoms with Crippen molar-refractivity contribution in [3.05, 3.63) is 60.2 Å². The van der Waals surface area contributed by atoms with Crippen molar-refractivity contribution in [1.82, 2.24) is 0 Å². The molecule has 0 fully saturated rings. The van der Waals surface area contributed by atoms with Crippen LogP contribution in [0.4, 0.5) is 11.4 Å². The Morgan fingerprint density at radius 1 is 0.842 bits per heavy atom. The SMILES string of the molecule is CCCCCCc1ccc(Nc2cc[c]cc2)cc1. The number of hydrogen-bond acceptors (Lipinski definition) is 1. The Morgan fingerprint density at radius 2 is 1.53 bits per heavy atom. The fraction of sp³-hybridized carbons (Fsp3) is 0.333. The Balaban J connectivity index is 1.84. The molecule has 2 aromatic carbocycles.